The molecule has 4 aromatic rings. The quantitative estimate of drug-likeness (QED) is 0.196. The van der Waals surface area contributed by atoms with Crippen LogP contribution in [0.4, 0.5) is 20.4 Å². The molecule has 0 saturated carbocycles. The van der Waals surface area contributed by atoms with Gasteiger partial charge < -0.3 is 25.1 Å². The Hall–Kier alpha value is -3.51. The lowest BCUT2D eigenvalue weighted by atomic mass is 10.2. The van der Waals surface area contributed by atoms with Gasteiger partial charge in [0.25, 0.3) is 5.56 Å². The van der Waals surface area contributed by atoms with Gasteiger partial charge in [-0.25, -0.2) is 23.7 Å². The molecule has 0 spiro atoms. The summed E-state index contributed by atoms with van der Waals surface area (Å²) in [4.78, 5) is 28.4. The minimum atomic E-state index is -0.933. The molecule has 0 saturated heterocycles. The minimum absolute atomic E-state index is 0.0776. The second kappa shape index (κ2) is 10.6. The van der Waals surface area contributed by atoms with Crippen LogP contribution in [0, 0.1) is 11.6 Å². The Balaban J connectivity index is 1.61. The molecule has 178 valence electrons. The number of aromatic nitrogens is 4. The smallest absolute Gasteiger partial charge is 0.292 e. The lowest BCUT2D eigenvalue weighted by Gasteiger charge is -2.14. The number of rotatable bonds is 10. The highest BCUT2D eigenvalue weighted by atomic mass is 32.2. The summed E-state index contributed by atoms with van der Waals surface area (Å²) < 4.78 is 32.8. The Bertz CT molecular complexity index is 1330. The van der Waals surface area contributed by atoms with Crippen molar-refractivity contribution in [3.63, 3.8) is 0 Å². The molecule has 9 nitrogen and oxygen atoms in total. The van der Waals surface area contributed by atoms with Crippen LogP contribution in [-0.4, -0.2) is 44.2 Å². The van der Waals surface area contributed by atoms with E-state index in [2.05, 4.69) is 30.6 Å². The van der Waals surface area contributed by atoms with Gasteiger partial charge in [-0.3, -0.25) is 4.79 Å². The Morgan fingerprint density at radius 3 is 2.79 bits per heavy atom. The molecule has 0 aliphatic heterocycles. The summed E-state index contributed by atoms with van der Waals surface area (Å²) in [5.41, 5.74) is 0.154. The number of aliphatic hydroxyl groups is 1. The van der Waals surface area contributed by atoms with Gasteiger partial charge in [-0.05, 0) is 25.1 Å². The number of aromatic amines is 1. The third kappa shape index (κ3) is 5.51. The maximum atomic E-state index is 14.0. The first-order valence-corrected chi connectivity index (χ1v) is 11.4. The predicted octanol–water partition coefficient (Wildman–Crippen LogP) is 3.32. The van der Waals surface area contributed by atoms with Crippen LogP contribution in [0.15, 0.2) is 51.0 Å². The van der Waals surface area contributed by atoms with Gasteiger partial charge in [0.2, 0.25) is 0 Å². The second-order valence-corrected chi connectivity index (χ2v) is 8.39. The zero-order valence-electron chi connectivity index (χ0n) is 18.1. The van der Waals surface area contributed by atoms with Crippen LogP contribution in [0.1, 0.15) is 18.2 Å². The molecule has 4 N–H and O–H groups in total. The molecular weight excluding hydrogens is 466 g/mol. The van der Waals surface area contributed by atoms with E-state index in [-0.39, 0.29) is 40.6 Å². The Morgan fingerprint density at radius 2 is 2.03 bits per heavy atom. The number of aliphatic hydroxyl groups excluding tert-OH is 1. The highest BCUT2D eigenvalue weighted by molar-refractivity contribution is 7.98. The number of halogens is 2. The number of thioether (sulfide) groups is 1. The lowest BCUT2D eigenvalue weighted by molar-refractivity contribution is 0.281. The van der Waals surface area contributed by atoms with Gasteiger partial charge in [0, 0.05) is 30.3 Å². The standard InChI is InChI=1S/C22H22F2N6O3S/c1-12(10-31)26-18-17-19(28-21(32)20(27-17)25-8-7-14-5-3-9-33-14)30-22(29-18)34-11-13-4-2-6-15(23)16(13)24/h2-6,9,12,31H,7-8,10-11H2,1H3,(H,25,27)(H2,26,28,29,30,32)/t12-/m1/s1. The van der Waals surface area contributed by atoms with Crippen molar-refractivity contribution in [2.75, 3.05) is 23.8 Å². The number of nitrogens with zero attached hydrogens (tertiary/aromatic N) is 3. The molecule has 0 amide bonds. The van der Waals surface area contributed by atoms with E-state index in [1.165, 1.54) is 12.1 Å². The van der Waals surface area contributed by atoms with Crippen molar-refractivity contribution in [2.24, 2.45) is 0 Å². The molecule has 0 bridgehead atoms. The molecule has 0 unspecified atom stereocenters. The van der Waals surface area contributed by atoms with Gasteiger partial charge in [0.1, 0.15) is 5.76 Å². The maximum absolute atomic E-state index is 14.0. The van der Waals surface area contributed by atoms with Gasteiger partial charge in [0.05, 0.1) is 12.9 Å². The van der Waals surface area contributed by atoms with Gasteiger partial charge >= 0.3 is 0 Å². The monoisotopic (exact) mass is 488 g/mol. The first kappa shape index (κ1) is 23.6. The van der Waals surface area contributed by atoms with Gasteiger partial charge in [0.15, 0.2) is 39.6 Å². The SMILES string of the molecule is C[C@H](CO)Nc1nc(SCc2cccc(F)c2F)nc2[nH]c(=O)c(NCCc3ccco3)nc12. The zero-order chi connectivity index (χ0) is 24.1. The van der Waals surface area contributed by atoms with E-state index in [0.29, 0.717) is 24.3 Å². The first-order chi connectivity index (χ1) is 16.4. The predicted molar refractivity (Wildman–Crippen MR) is 125 cm³/mol. The van der Waals surface area contributed by atoms with Crippen molar-refractivity contribution in [2.45, 2.75) is 30.3 Å². The number of nitrogens with one attached hydrogen (secondary N) is 3. The molecule has 12 heteroatoms. The van der Waals surface area contributed by atoms with Crippen molar-refractivity contribution >= 4 is 34.6 Å². The van der Waals surface area contributed by atoms with Crippen LogP contribution < -0.4 is 16.2 Å². The Morgan fingerprint density at radius 1 is 1.18 bits per heavy atom. The van der Waals surface area contributed by atoms with E-state index in [1.54, 1.807) is 19.3 Å². The van der Waals surface area contributed by atoms with Crippen LogP contribution in [0.3, 0.4) is 0 Å². The number of H-pyrrole nitrogens is 1. The number of fused-ring (bicyclic) bond motifs is 1. The van der Waals surface area contributed by atoms with Crippen molar-refractivity contribution in [1.29, 1.82) is 0 Å². The lowest BCUT2D eigenvalue weighted by Crippen LogP contribution is -2.23. The molecule has 3 heterocycles. The molecule has 0 fully saturated rings. The van der Waals surface area contributed by atoms with E-state index in [4.69, 9.17) is 4.42 Å². The minimum Gasteiger partial charge on any atom is -0.469 e. The van der Waals surface area contributed by atoms with Crippen LogP contribution in [0.25, 0.3) is 11.2 Å². The van der Waals surface area contributed by atoms with Crippen molar-refractivity contribution in [3.8, 4) is 0 Å². The number of furan rings is 1. The van der Waals surface area contributed by atoms with E-state index < -0.39 is 17.2 Å². The van der Waals surface area contributed by atoms with E-state index >= 15 is 0 Å². The highest BCUT2D eigenvalue weighted by Crippen LogP contribution is 2.26. The Kier molecular flexibility index (Phi) is 7.38. The van der Waals surface area contributed by atoms with Crippen LogP contribution in [-0.2, 0) is 12.2 Å². The van der Waals surface area contributed by atoms with Gasteiger partial charge in [-0.1, -0.05) is 23.9 Å². The molecule has 0 radical (unpaired) electrons. The summed E-state index contributed by atoms with van der Waals surface area (Å²) in [6, 6.07) is 7.20. The van der Waals surface area contributed by atoms with E-state index in [0.717, 1.165) is 23.6 Å². The third-order valence-corrected chi connectivity index (χ3v) is 5.72. The summed E-state index contributed by atoms with van der Waals surface area (Å²) in [7, 11) is 0. The number of benzene rings is 1. The Labute approximate surface area is 197 Å². The summed E-state index contributed by atoms with van der Waals surface area (Å²) in [5.74, 6) is -0.637. The third-order valence-electron chi connectivity index (χ3n) is 4.82. The number of hydrogen-bond donors (Lipinski definition) is 4. The molecule has 1 atom stereocenters. The summed E-state index contributed by atoms with van der Waals surface area (Å²) >= 11 is 1.08. The van der Waals surface area contributed by atoms with Crippen LogP contribution in [0.5, 0.6) is 0 Å². The largest absolute Gasteiger partial charge is 0.469 e. The average molecular weight is 489 g/mol. The topological polar surface area (TPSA) is 129 Å². The first-order valence-electron chi connectivity index (χ1n) is 10.5. The van der Waals surface area contributed by atoms with Crippen molar-refractivity contribution < 1.29 is 18.3 Å². The molecule has 34 heavy (non-hydrogen) atoms. The molecule has 4 rings (SSSR count). The fraction of sp³-hybridized carbons (Fsp3) is 0.273. The second-order valence-electron chi connectivity index (χ2n) is 7.45. The average Bonchev–Trinajstić information content (AvgIpc) is 3.34. The van der Waals surface area contributed by atoms with E-state index in [1.807, 2.05) is 6.07 Å². The zero-order valence-corrected chi connectivity index (χ0v) is 19.0. The number of anilines is 2. The van der Waals surface area contributed by atoms with Gasteiger partial charge in [-0.2, -0.15) is 0 Å². The fourth-order valence-corrected chi connectivity index (χ4v) is 3.90. The molecular formula is C22H22F2N6O3S. The summed E-state index contributed by atoms with van der Waals surface area (Å²) in [6.07, 6.45) is 2.13. The van der Waals surface area contributed by atoms with Crippen LogP contribution in [0.2, 0.25) is 0 Å². The van der Waals surface area contributed by atoms with Crippen molar-refractivity contribution in [3.05, 3.63) is 69.9 Å². The summed E-state index contributed by atoms with van der Waals surface area (Å²) in [6.45, 7) is 2.00. The number of hydrogen-bond acceptors (Lipinski definition) is 9. The molecule has 1 aromatic carbocycles. The fourth-order valence-electron chi connectivity index (χ4n) is 3.08. The molecule has 0 aliphatic carbocycles. The van der Waals surface area contributed by atoms with Crippen molar-refractivity contribution in [1.82, 2.24) is 19.9 Å². The highest BCUT2D eigenvalue weighted by Gasteiger charge is 2.16. The maximum Gasteiger partial charge on any atom is 0.292 e. The molecule has 0 aliphatic rings. The van der Waals surface area contributed by atoms with E-state index in [9.17, 15) is 18.7 Å². The summed E-state index contributed by atoms with van der Waals surface area (Å²) in [5, 5.41) is 15.7. The normalized spacial score (nSPS) is 12.1. The van der Waals surface area contributed by atoms with Crippen LogP contribution >= 0.6 is 11.8 Å². The molecule has 3 aromatic heterocycles. The van der Waals surface area contributed by atoms with Gasteiger partial charge in [-0.15, -0.1) is 0 Å².